The van der Waals surface area contributed by atoms with E-state index in [1.807, 2.05) is 0 Å². The Balaban J connectivity index is 2.94. The molecule has 1 rings (SSSR count). The van der Waals surface area contributed by atoms with Crippen molar-refractivity contribution in [1.82, 2.24) is 4.72 Å². The highest BCUT2D eigenvalue weighted by molar-refractivity contribution is 9.10. The van der Waals surface area contributed by atoms with Crippen LogP contribution in [0.2, 0.25) is 0 Å². The van der Waals surface area contributed by atoms with Crippen LogP contribution in [0.15, 0.2) is 27.6 Å². The summed E-state index contributed by atoms with van der Waals surface area (Å²) in [5.41, 5.74) is 4.85. The molecule has 0 aliphatic heterocycles. The highest BCUT2D eigenvalue weighted by Gasteiger charge is 2.20. The Hall–Kier alpha value is -0.630. The van der Waals surface area contributed by atoms with Gasteiger partial charge in [0.1, 0.15) is 0 Å². The summed E-state index contributed by atoms with van der Waals surface area (Å²) in [7, 11) is -3.64. The maximum Gasteiger partial charge on any atom is 0.240 e. The van der Waals surface area contributed by atoms with Crippen molar-refractivity contribution in [2.75, 3.05) is 12.3 Å². The van der Waals surface area contributed by atoms with E-state index < -0.39 is 15.6 Å². The van der Waals surface area contributed by atoms with Crippen molar-refractivity contribution in [3.8, 4) is 0 Å². The number of benzene rings is 1. The summed E-state index contributed by atoms with van der Waals surface area (Å²) >= 11 is 3.19. The van der Waals surface area contributed by atoms with E-state index in [2.05, 4.69) is 20.7 Å². The number of hydrogen-bond acceptors (Lipinski definition) is 4. The van der Waals surface area contributed by atoms with Gasteiger partial charge in [-0.15, -0.1) is 0 Å². The van der Waals surface area contributed by atoms with E-state index in [9.17, 15) is 13.5 Å². The van der Waals surface area contributed by atoms with Crippen LogP contribution in [0.4, 0.5) is 5.69 Å². The van der Waals surface area contributed by atoms with Crippen molar-refractivity contribution in [3.63, 3.8) is 0 Å². The minimum Gasteiger partial charge on any atom is -0.398 e. The fourth-order valence-corrected chi connectivity index (χ4v) is 2.53. The van der Waals surface area contributed by atoms with Gasteiger partial charge in [0.25, 0.3) is 0 Å². The number of halogens is 1. The molecular weight excluding hydrogens is 308 g/mol. The van der Waals surface area contributed by atoms with E-state index in [0.29, 0.717) is 10.2 Å². The molecule has 0 radical (unpaired) electrons. The van der Waals surface area contributed by atoms with Gasteiger partial charge in [-0.2, -0.15) is 0 Å². The first kappa shape index (κ1) is 14.4. The van der Waals surface area contributed by atoms with Crippen molar-refractivity contribution in [2.24, 2.45) is 0 Å². The highest BCUT2D eigenvalue weighted by atomic mass is 79.9. The molecule has 7 heteroatoms. The number of sulfonamides is 1. The second-order valence-electron chi connectivity index (χ2n) is 4.32. The van der Waals surface area contributed by atoms with Crippen LogP contribution in [-0.4, -0.2) is 25.7 Å². The number of hydrogen-bond donors (Lipinski definition) is 3. The number of nitrogen functional groups attached to an aromatic ring is 1. The molecule has 4 N–H and O–H groups in total. The summed E-state index contributed by atoms with van der Waals surface area (Å²) in [6.45, 7) is 2.97. The van der Waals surface area contributed by atoms with Crippen molar-refractivity contribution >= 4 is 31.6 Å². The molecule has 0 spiro atoms. The van der Waals surface area contributed by atoms with Gasteiger partial charge in [0.05, 0.1) is 10.5 Å². The average Bonchev–Trinajstić information content (AvgIpc) is 2.18. The minimum atomic E-state index is -3.64. The third-order valence-corrected chi connectivity index (χ3v) is 4.09. The molecule has 17 heavy (non-hydrogen) atoms. The second-order valence-corrected chi connectivity index (χ2v) is 6.94. The fraction of sp³-hybridized carbons (Fsp3) is 0.400. The lowest BCUT2D eigenvalue weighted by molar-refractivity contribution is 0.0857. The molecule has 1 aromatic rings. The zero-order valence-corrected chi connectivity index (χ0v) is 12.0. The lowest BCUT2D eigenvalue weighted by Gasteiger charge is -2.17. The summed E-state index contributed by atoms with van der Waals surface area (Å²) in [5.74, 6) is 0. The van der Waals surface area contributed by atoms with Crippen LogP contribution >= 0.6 is 15.9 Å². The van der Waals surface area contributed by atoms with Crippen molar-refractivity contribution < 1.29 is 13.5 Å². The molecular formula is C10H15BrN2O3S. The monoisotopic (exact) mass is 322 g/mol. The Bertz CT molecular complexity index is 509. The maximum absolute atomic E-state index is 11.8. The van der Waals surface area contributed by atoms with E-state index >= 15 is 0 Å². The normalized spacial score (nSPS) is 12.7. The highest BCUT2D eigenvalue weighted by Crippen LogP contribution is 2.22. The lowest BCUT2D eigenvalue weighted by Crippen LogP contribution is -2.38. The average molecular weight is 323 g/mol. The molecule has 0 saturated carbocycles. The molecule has 0 aromatic heterocycles. The summed E-state index contributed by atoms with van der Waals surface area (Å²) in [6.07, 6.45) is 0. The van der Waals surface area contributed by atoms with Crippen LogP contribution in [-0.2, 0) is 10.0 Å². The molecule has 0 unspecified atom stereocenters. The SMILES string of the molecule is CC(C)(O)CNS(=O)(=O)c1ccc(Br)c(N)c1. The van der Waals surface area contributed by atoms with E-state index in [1.54, 1.807) is 6.07 Å². The van der Waals surface area contributed by atoms with Gasteiger partial charge in [-0.25, -0.2) is 13.1 Å². The van der Waals surface area contributed by atoms with E-state index in [4.69, 9.17) is 5.73 Å². The van der Waals surface area contributed by atoms with Gasteiger partial charge in [0.2, 0.25) is 10.0 Å². The molecule has 96 valence electrons. The van der Waals surface area contributed by atoms with Crippen molar-refractivity contribution in [3.05, 3.63) is 22.7 Å². The molecule has 0 atom stereocenters. The first-order chi connectivity index (χ1) is 7.62. The Morgan fingerprint density at radius 2 is 2.06 bits per heavy atom. The van der Waals surface area contributed by atoms with Crippen LogP contribution in [0.1, 0.15) is 13.8 Å². The van der Waals surface area contributed by atoms with E-state index in [0.717, 1.165) is 0 Å². The third-order valence-electron chi connectivity index (χ3n) is 1.97. The summed E-state index contributed by atoms with van der Waals surface area (Å²) in [6, 6.07) is 4.36. The van der Waals surface area contributed by atoms with Crippen LogP contribution in [0.3, 0.4) is 0 Å². The predicted molar refractivity (Wildman–Crippen MR) is 70.0 cm³/mol. The molecule has 5 nitrogen and oxygen atoms in total. The van der Waals surface area contributed by atoms with Gasteiger partial charge < -0.3 is 10.8 Å². The zero-order valence-electron chi connectivity index (χ0n) is 9.57. The Morgan fingerprint density at radius 3 is 2.53 bits per heavy atom. The van der Waals surface area contributed by atoms with E-state index in [-0.39, 0.29) is 11.4 Å². The quantitative estimate of drug-likeness (QED) is 0.723. The molecule has 0 amide bonds. The summed E-state index contributed by atoms with van der Waals surface area (Å²) < 4.78 is 26.6. The summed E-state index contributed by atoms with van der Waals surface area (Å²) in [4.78, 5) is 0.0717. The van der Waals surface area contributed by atoms with E-state index in [1.165, 1.54) is 26.0 Å². The first-order valence-corrected chi connectivity index (χ1v) is 7.16. The van der Waals surface area contributed by atoms with Crippen molar-refractivity contribution in [1.29, 1.82) is 0 Å². The van der Waals surface area contributed by atoms with Gasteiger partial charge >= 0.3 is 0 Å². The topological polar surface area (TPSA) is 92.4 Å². The number of aliphatic hydroxyl groups is 1. The largest absolute Gasteiger partial charge is 0.398 e. The predicted octanol–water partition coefficient (Wildman–Crippen LogP) is 1.08. The van der Waals surface area contributed by atoms with Crippen LogP contribution in [0, 0.1) is 0 Å². The lowest BCUT2D eigenvalue weighted by atomic mass is 10.1. The molecule has 0 heterocycles. The third kappa shape index (κ3) is 4.27. The van der Waals surface area contributed by atoms with Gasteiger partial charge in [-0.3, -0.25) is 0 Å². The Kier molecular flexibility index (Phi) is 4.19. The molecule has 0 fully saturated rings. The molecule has 0 saturated heterocycles. The van der Waals surface area contributed by atoms with Gasteiger partial charge in [-0.1, -0.05) is 0 Å². The van der Waals surface area contributed by atoms with Crippen LogP contribution in [0.25, 0.3) is 0 Å². The second kappa shape index (κ2) is 4.93. The number of nitrogens with two attached hydrogens (primary N) is 1. The number of rotatable bonds is 4. The maximum atomic E-state index is 11.8. The zero-order chi connectivity index (χ0) is 13.3. The molecule has 0 bridgehead atoms. The smallest absolute Gasteiger partial charge is 0.240 e. The number of nitrogens with one attached hydrogen (secondary N) is 1. The Morgan fingerprint density at radius 1 is 1.47 bits per heavy atom. The van der Waals surface area contributed by atoms with Gasteiger partial charge in [0, 0.05) is 16.7 Å². The minimum absolute atomic E-state index is 0.0642. The number of anilines is 1. The first-order valence-electron chi connectivity index (χ1n) is 4.89. The standard InChI is InChI=1S/C10H15BrN2O3S/c1-10(2,14)6-13-17(15,16)7-3-4-8(11)9(12)5-7/h3-5,13-14H,6,12H2,1-2H3. The van der Waals surface area contributed by atoms with Crippen LogP contribution in [0.5, 0.6) is 0 Å². The van der Waals surface area contributed by atoms with Gasteiger partial charge in [0.15, 0.2) is 0 Å². The van der Waals surface area contributed by atoms with Crippen molar-refractivity contribution in [2.45, 2.75) is 24.3 Å². The molecule has 0 aliphatic rings. The molecule has 1 aromatic carbocycles. The fourth-order valence-electron chi connectivity index (χ4n) is 1.04. The molecule has 0 aliphatic carbocycles. The van der Waals surface area contributed by atoms with Gasteiger partial charge in [-0.05, 0) is 48.0 Å². The Labute approximate surface area is 109 Å². The van der Waals surface area contributed by atoms with Crippen LogP contribution < -0.4 is 10.5 Å². The summed E-state index contributed by atoms with van der Waals surface area (Å²) in [5, 5.41) is 9.47.